The predicted molar refractivity (Wildman–Crippen MR) is 96.6 cm³/mol. The highest BCUT2D eigenvalue weighted by molar-refractivity contribution is 6.30. The monoisotopic (exact) mass is 356 g/mol. The van der Waals surface area contributed by atoms with Crippen LogP contribution in [0, 0.1) is 6.92 Å². The van der Waals surface area contributed by atoms with E-state index in [1.807, 2.05) is 26.8 Å². The molecule has 2 aromatic heterocycles. The number of imidazole rings is 1. The summed E-state index contributed by atoms with van der Waals surface area (Å²) >= 11 is 6.09. The van der Waals surface area contributed by atoms with Gasteiger partial charge in [-0.3, -0.25) is 4.40 Å². The Morgan fingerprint density at radius 3 is 2.68 bits per heavy atom. The third-order valence-electron chi connectivity index (χ3n) is 3.84. The van der Waals surface area contributed by atoms with Gasteiger partial charge in [0.2, 0.25) is 0 Å². The van der Waals surface area contributed by atoms with Crippen molar-refractivity contribution in [1.82, 2.24) is 9.38 Å². The number of azo groups is 1. The molecule has 0 amide bonds. The van der Waals surface area contributed by atoms with Gasteiger partial charge in [0, 0.05) is 6.20 Å². The maximum Gasteiger partial charge on any atom is 0.335 e. The summed E-state index contributed by atoms with van der Waals surface area (Å²) in [6.07, 6.45) is 1.74. The van der Waals surface area contributed by atoms with Gasteiger partial charge in [-0.1, -0.05) is 31.5 Å². The fourth-order valence-electron chi connectivity index (χ4n) is 2.46. The van der Waals surface area contributed by atoms with E-state index in [4.69, 9.17) is 16.7 Å². The molecule has 0 atom stereocenters. The molecule has 0 aliphatic carbocycles. The largest absolute Gasteiger partial charge is 0.478 e. The Labute approximate surface area is 149 Å². The van der Waals surface area contributed by atoms with E-state index in [0.717, 1.165) is 16.9 Å². The fraction of sp³-hybridized carbons (Fsp3) is 0.222. The van der Waals surface area contributed by atoms with Crippen LogP contribution in [0.4, 0.5) is 11.5 Å². The minimum absolute atomic E-state index is 0.152. The number of halogens is 1. The van der Waals surface area contributed by atoms with Crippen molar-refractivity contribution in [2.75, 3.05) is 0 Å². The molecule has 2 heterocycles. The smallest absolute Gasteiger partial charge is 0.335 e. The summed E-state index contributed by atoms with van der Waals surface area (Å²) in [6, 6.07) is 8.36. The highest BCUT2D eigenvalue weighted by atomic mass is 35.5. The quantitative estimate of drug-likeness (QED) is 0.624. The Morgan fingerprint density at radius 1 is 1.24 bits per heavy atom. The molecule has 0 radical (unpaired) electrons. The molecule has 128 valence electrons. The average Bonchev–Trinajstić information content (AvgIpc) is 2.92. The van der Waals surface area contributed by atoms with Crippen molar-refractivity contribution in [2.24, 2.45) is 10.2 Å². The fourth-order valence-corrected chi connectivity index (χ4v) is 2.62. The number of carboxylic acids is 1. The Bertz CT molecular complexity index is 992. The van der Waals surface area contributed by atoms with Crippen LogP contribution in [0.15, 0.2) is 46.8 Å². The van der Waals surface area contributed by atoms with Crippen molar-refractivity contribution in [3.05, 3.63) is 58.4 Å². The van der Waals surface area contributed by atoms with Crippen LogP contribution in [-0.2, 0) is 0 Å². The Hall–Kier alpha value is -2.73. The van der Waals surface area contributed by atoms with Crippen molar-refractivity contribution in [3.8, 4) is 0 Å². The van der Waals surface area contributed by atoms with Gasteiger partial charge in [-0.05, 0) is 42.7 Å². The predicted octanol–water partition coefficient (Wildman–Crippen LogP) is 5.53. The number of rotatable bonds is 4. The summed E-state index contributed by atoms with van der Waals surface area (Å²) in [5.41, 5.74) is 3.05. The lowest BCUT2D eigenvalue weighted by Crippen LogP contribution is -1.95. The van der Waals surface area contributed by atoms with Crippen LogP contribution in [-0.4, -0.2) is 20.5 Å². The zero-order valence-electron chi connectivity index (χ0n) is 14.1. The Balaban J connectivity index is 2.12. The van der Waals surface area contributed by atoms with E-state index in [2.05, 4.69) is 15.2 Å². The standard InChI is InChI=1S/C18H17ClN4O2/c1-10(2)16-17(23-9-13(19)6-7-15(23)20-16)22-21-14-8-12(18(24)25)5-4-11(14)3/h4-10H,1-3H3,(H,24,25). The van der Waals surface area contributed by atoms with Crippen LogP contribution in [0.5, 0.6) is 0 Å². The second kappa shape index (κ2) is 6.64. The lowest BCUT2D eigenvalue weighted by Gasteiger charge is -2.03. The van der Waals surface area contributed by atoms with Crippen molar-refractivity contribution < 1.29 is 9.90 Å². The number of pyridine rings is 1. The number of carboxylic acid groups (broad SMARTS) is 1. The van der Waals surface area contributed by atoms with E-state index >= 15 is 0 Å². The molecule has 0 saturated heterocycles. The van der Waals surface area contributed by atoms with Crippen LogP contribution >= 0.6 is 11.6 Å². The second-order valence-electron chi connectivity index (χ2n) is 6.06. The summed E-state index contributed by atoms with van der Waals surface area (Å²) in [7, 11) is 0. The lowest BCUT2D eigenvalue weighted by atomic mass is 10.1. The summed E-state index contributed by atoms with van der Waals surface area (Å²) in [5, 5.41) is 18.3. The lowest BCUT2D eigenvalue weighted by molar-refractivity contribution is 0.0697. The van der Waals surface area contributed by atoms with Gasteiger partial charge < -0.3 is 5.11 Å². The molecule has 1 N–H and O–H groups in total. The summed E-state index contributed by atoms with van der Waals surface area (Å²) < 4.78 is 1.79. The average molecular weight is 357 g/mol. The number of benzene rings is 1. The molecule has 1 aromatic carbocycles. The van der Waals surface area contributed by atoms with Gasteiger partial charge >= 0.3 is 5.97 Å². The van der Waals surface area contributed by atoms with E-state index in [-0.39, 0.29) is 11.5 Å². The molecule has 6 nitrogen and oxygen atoms in total. The molecule has 0 bridgehead atoms. The van der Waals surface area contributed by atoms with Gasteiger partial charge in [-0.2, -0.15) is 0 Å². The molecular weight excluding hydrogens is 340 g/mol. The van der Waals surface area contributed by atoms with Crippen molar-refractivity contribution >= 4 is 34.7 Å². The molecule has 0 saturated carbocycles. The van der Waals surface area contributed by atoms with Crippen molar-refractivity contribution in [2.45, 2.75) is 26.7 Å². The van der Waals surface area contributed by atoms with Crippen molar-refractivity contribution in [1.29, 1.82) is 0 Å². The van der Waals surface area contributed by atoms with E-state index in [9.17, 15) is 4.79 Å². The second-order valence-corrected chi connectivity index (χ2v) is 6.49. The molecule has 3 rings (SSSR count). The number of aromatic carboxylic acids is 1. The van der Waals surface area contributed by atoms with Gasteiger partial charge in [0.15, 0.2) is 5.82 Å². The highest BCUT2D eigenvalue weighted by Gasteiger charge is 2.15. The first-order valence-electron chi connectivity index (χ1n) is 7.80. The number of nitrogens with zero attached hydrogens (tertiary/aromatic N) is 4. The first kappa shape index (κ1) is 17.1. The number of aromatic nitrogens is 2. The van der Waals surface area contributed by atoms with Gasteiger partial charge in [0.05, 0.1) is 22.0 Å². The van der Waals surface area contributed by atoms with E-state index in [1.54, 1.807) is 28.8 Å². The van der Waals surface area contributed by atoms with Crippen LogP contribution in [0.3, 0.4) is 0 Å². The summed E-state index contributed by atoms with van der Waals surface area (Å²) in [6.45, 7) is 5.91. The minimum atomic E-state index is -0.999. The third-order valence-corrected chi connectivity index (χ3v) is 4.06. The Kier molecular flexibility index (Phi) is 4.55. The molecule has 25 heavy (non-hydrogen) atoms. The maximum atomic E-state index is 11.2. The molecular formula is C18H17ClN4O2. The van der Waals surface area contributed by atoms with Crippen LogP contribution < -0.4 is 0 Å². The minimum Gasteiger partial charge on any atom is -0.478 e. The van der Waals surface area contributed by atoms with E-state index < -0.39 is 5.97 Å². The van der Waals surface area contributed by atoms with Crippen LogP contribution in [0.25, 0.3) is 5.65 Å². The third kappa shape index (κ3) is 3.39. The highest BCUT2D eigenvalue weighted by Crippen LogP contribution is 2.31. The number of aryl methyl sites for hydroxylation is 1. The summed E-state index contributed by atoms with van der Waals surface area (Å²) in [5.74, 6) is -0.257. The van der Waals surface area contributed by atoms with Gasteiger partial charge in [0.1, 0.15) is 5.65 Å². The topological polar surface area (TPSA) is 79.3 Å². The number of hydrogen-bond acceptors (Lipinski definition) is 4. The zero-order chi connectivity index (χ0) is 18.1. The molecule has 7 heteroatoms. The van der Waals surface area contributed by atoms with E-state index in [0.29, 0.717) is 16.5 Å². The van der Waals surface area contributed by atoms with Gasteiger partial charge in [-0.15, -0.1) is 10.2 Å². The van der Waals surface area contributed by atoms with Crippen LogP contribution in [0.1, 0.15) is 41.4 Å². The summed E-state index contributed by atoms with van der Waals surface area (Å²) in [4.78, 5) is 15.7. The molecule has 0 fully saturated rings. The number of carbonyl (C=O) groups is 1. The maximum absolute atomic E-state index is 11.2. The molecule has 0 spiro atoms. The molecule has 0 aliphatic rings. The van der Waals surface area contributed by atoms with Crippen LogP contribution in [0.2, 0.25) is 5.02 Å². The Morgan fingerprint density at radius 2 is 2.00 bits per heavy atom. The normalized spacial score (nSPS) is 11.7. The van der Waals surface area contributed by atoms with E-state index in [1.165, 1.54) is 6.07 Å². The zero-order valence-corrected chi connectivity index (χ0v) is 14.8. The number of fused-ring (bicyclic) bond motifs is 1. The first-order valence-corrected chi connectivity index (χ1v) is 8.18. The van der Waals surface area contributed by atoms with Gasteiger partial charge in [-0.25, -0.2) is 9.78 Å². The van der Waals surface area contributed by atoms with Gasteiger partial charge in [0.25, 0.3) is 0 Å². The number of hydrogen-bond donors (Lipinski definition) is 1. The molecule has 3 aromatic rings. The van der Waals surface area contributed by atoms with Crippen molar-refractivity contribution in [3.63, 3.8) is 0 Å². The SMILES string of the molecule is Cc1ccc(C(=O)O)cc1N=Nc1c(C(C)C)nc2ccc(Cl)cn12. The molecule has 0 unspecified atom stereocenters. The first-order chi connectivity index (χ1) is 11.9. The molecule has 0 aliphatic heterocycles.